The Morgan fingerprint density at radius 2 is 2.12 bits per heavy atom. The third kappa shape index (κ3) is 3.85. The van der Waals surface area contributed by atoms with Crippen LogP contribution in [0.4, 0.5) is 4.79 Å². The van der Waals surface area contributed by atoms with Crippen molar-refractivity contribution in [2.24, 2.45) is 0 Å². The number of carbonyl (C=O) groups is 1. The second-order valence-corrected chi connectivity index (χ2v) is 7.36. The molecule has 0 aliphatic carbocycles. The topological polar surface area (TPSA) is 75.3 Å². The fourth-order valence-electron chi connectivity index (χ4n) is 2.66. The number of carbonyl (C=O) groups excluding carboxylic acids is 1. The van der Waals surface area contributed by atoms with E-state index in [-0.39, 0.29) is 11.7 Å². The third-order valence-corrected chi connectivity index (χ3v) is 4.16. The molecular formula is C18H20ClN3O3. The number of rotatable bonds is 1. The predicted octanol–water partition coefficient (Wildman–Crippen LogP) is 3.60. The summed E-state index contributed by atoms with van der Waals surface area (Å²) in [4.78, 5) is 33.3. The lowest BCUT2D eigenvalue weighted by molar-refractivity contribution is 0.0270. The molecule has 0 saturated heterocycles. The van der Waals surface area contributed by atoms with Crippen molar-refractivity contribution in [2.75, 3.05) is 13.1 Å². The van der Waals surface area contributed by atoms with Gasteiger partial charge in [-0.05, 0) is 44.9 Å². The molecule has 0 unspecified atom stereocenters. The molecule has 0 bridgehead atoms. The molecule has 2 aromatic rings. The van der Waals surface area contributed by atoms with Crippen molar-refractivity contribution >= 4 is 34.2 Å². The van der Waals surface area contributed by atoms with Crippen LogP contribution in [0.25, 0.3) is 16.5 Å². The zero-order valence-electron chi connectivity index (χ0n) is 14.4. The summed E-state index contributed by atoms with van der Waals surface area (Å²) in [5.74, 6) is 0.495. The van der Waals surface area contributed by atoms with E-state index >= 15 is 0 Å². The Morgan fingerprint density at radius 3 is 2.76 bits per heavy atom. The molecule has 0 atom stereocenters. The Hall–Kier alpha value is -2.34. The van der Waals surface area contributed by atoms with E-state index in [1.54, 1.807) is 23.1 Å². The largest absolute Gasteiger partial charge is 0.444 e. The number of benzene rings is 1. The van der Waals surface area contributed by atoms with Crippen LogP contribution >= 0.6 is 11.6 Å². The number of nitrogens with one attached hydrogen (secondary N) is 1. The van der Waals surface area contributed by atoms with Gasteiger partial charge in [0, 0.05) is 13.1 Å². The van der Waals surface area contributed by atoms with Gasteiger partial charge in [-0.1, -0.05) is 23.7 Å². The van der Waals surface area contributed by atoms with E-state index in [4.69, 9.17) is 16.3 Å². The molecule has 0 radical (unpaired) electrons. The number of para-hydroxylation sites is 1. The zero-order valence-corrected chi connectivity index (χ0v) is 15.2. The lowest BCUT2D eigenvalue weighted by Crippen LogP contribution is -2.39. The van der Waals surface area contributed by atoms with Gasteiger partial charge < -0.3 is 14.6 Å². The number of halogens is 1. The van der Waals surface area contributed by atoms with E-state index in [2.05, 4.69) is 9.97 Å². The molecule has 7 heteroatoms. The SMILES string of the molecule is CC(C)(C)OC(=O)N1CC=C(c2nc3c(Cl)cccc3c(=O)[nH]2)CC1. The summed E-state index contributed by atoms with van der Waals surface area (Å²) in [5, 5.41) is 0.902. The maximum Gasteiger partial charge on any atom is 0.410 e. The van der Waals surface area contributed by atoms with Gasteiger partial charge in [0.15, 0.2) is 0 Å². The Labute approximate surface area is 150 Å². The van der Waals surface area contributed by atoms with Crippen LogP contribution < -0.4 is 5.56 Å². The Morgan fingerprint density at radius 1 is 1.36 bits per heavy atom. The number of fused-ring (bicyclic) bond motifs is 1. The molecule has 1 aromatic heterocycles. The van der Waals surface area contributed by atoms with Crippen molar-refractivity contribution in [3.63, 3.8) is 0 Å². The summed E-state index contributed by atoms with van der Waals surface area (Å²) in [5.41, 5.74) is 0.623. The molecule has 1 aromatic carbocycles. The number of ether oxygens (including phenoxy) is 1. The molecule has 25 heavy (non-hydrogen) atoms. The minimum Gasteiger partial charge on any atom is -0.444 e. The third-order valence-electron chi connectivity index (χ3n) is 3.85. The molecule has 0 spiro atoms. The second kappa shape index (κ2) is 6.52. The van der Waals surface area contributed by atoms with Crippen LogP contribution in [-0.4, -0.2) is 39.7 Å². The fraction of sp³-hybridized carbons (Fsp3) is 0.389. The Balaban J connectivity index is 1.85. The molecule has 1 aliphatic rings. The predicted molar refractivity (Wildman–Crippen MR) is 97.8 cm³/mol. The van der Waals surface area contributed by atoms with Crippen molar-refractivity contribution in [3.8, 4) is 0 Å². The van der Waals surface area contributed by atoms with Crippen LogP contribution in [0.1, 0.15) is 33.0 Å². The summed E-state index contributed by atoms with van der Waals surface area (Å²) in [6.45, 7) is 6.43. The van der Waals surface area contributed by atoms with E-state index < -0.39 is 5.60 Å². The van der Waals surface area contributed by atoms with Gasteiger partial charge >= 0.3 is 6.09 Å². The second-order valence-electron chi connectivity index (χ2n) is 6.96. The summed E-state index contributed by atoms with van der Waals surface area (Å²) in [7, 11) is 0. The maximum atomic E-state index is 12.3. The molecule has 0 fully saturated rings. The van der Waals surface area contributed by atoms with Gasteiger partial charge in [0.25, 0.3) is 5.56 Å². The molecule has 3 rings (SSSR count). The minimum absolute atomic E-state index is 0.224. The first-order chi connectivity index (χ1) is 11.7. The average Bonchev–Trinajstić information content (AvgIpc) is 2.54. The molecular weight excluding hydrogens is 342 g/mol. The van der Waals surface area contributed by atoms with Crippen LogP contribution in [0.2, 0.25) is 5.02 Å². The van der Waals surface area contributed by atoms with Gasteiger partial charge in [-0.15, -0.1) is 0 Å². The van der Waals surface area contributed by atoms with Gasteiger partial charge in [-0.2, -0.15) is 0 Å². The highest BCUT2D eigenvalue weighted by Gasteiger charge is 2.24. The van der Waals surface area contributed by atoms with E-state index in [1.165, 1.54) is 0 Å². The van der Waals surface area contributed by atoms with Gasteiger partial charge in [0.2, 0.25) is 0 Å². The number of nitrogens with zero attached hydrogens (tertiary/aromatic N) is 2. The first kappa shape index (κ1) is 17.5. The first-order valence-corrected chi connectivity index (χ1v) is 8.48. The Kier molecular flexibility index (Phi) is 4.56. The summed E-state index contributed by atoms with van der Waals surface area (Å²) >= 11 is 6.16. The number of amides is 1. The van der Waals surface area contributed by atoms with Crippen LogP contribution in [-0.2, 0) is 4.74 Å². The van der Waals surface area contributed by atoms with Crippen LogP contribution in [0, 0.1) is 0 Å². The highest BCUT2D eigenvalue weighted by molar-refractivity contribution is 6.35. The van der Waals surface area contributed by atoms with Gasteiger partial charge in [0.05, 0.1) is 15.9 Å². The van der Waals surface area contributed by atoms with Crippen molar-refractivity contribution in [3.05, 3.63) is 45.5 Å². The smallest absolute Gasteiger partial charge is 0.410 e. The molecule has 132 valence electrons. The number of hydrogen-bond donors (Lipinski definition) is 1. The lowest BCUT2D eigenvalue weighted by Gasteiger charge is -2.29. The quantitative estimate of drug-likeness (QED) is 0.842. The normalized spacial score (nSPS) is 15.2. The van der Waals surface area contributed by atoms with E-state index in [1.807, 2.05) is 26.8 Å². The fourth-order valence-corrected chi connectivity index (χ4v) is 2.87. The molecule has 2 heterocycles. The molecule has 1 N–H and O–H groups in total. The van der Waals surface area contributed by atoms with E-state index in [0.29, 0.717) is 41.3 Å². The van der Waals surface area contributed by atoms with Crippen LogP contribution in [0.15, 0.2) is 29.1 Å². The maximum absolute atomic E-state index is 12.3. The minimum atomic E-state index is -0.525. The lowest BCUT2D eigenvalue weighted by atomic mass is 10.1. The monoisotopic (exact) mass is 361 g/mol. The van der Waals surface area contributed by atoms with Crippen molar-refractivity contribution in [2.45, 2.75) is 32.8 Å². The standard InChI is InChI=1S/C18H20ClN3O3/c1-18(2,3)25-17(24)22-9-7-11(8-10-22)15-20-14-12(16(23)21-15)5-4-6-13(14)19/h4-7H,8-10H2,1-3H3,(H,20,21,23). The molecule has 1 aliphatic heterocycles. The summed E-state index contributed by atoms with van der Waals surface area (Å²) in [6.07, 6.45) is 2.12. The van der Waals surface area contributed by atoms with Gasteiger partial charge in [0.1, 0.15) is 11.4 Å². The summed E-state index contributed by atoms with van der Waals surface area (Å²) in [6, 6.07) is 5.12. The van der Waals surface area contributed by atoms with E-state index in [9.17, 15) is 9.59 Å². The van der Waals surface area contributed by atoms with Crippen molar-refractivity contribution in [1.29, 1.82) is 0 Å². The number of H-pyrrole nitrogens is 1. The van der Waals surface area contributed by atoms with Crippen molar-refractivity contribution < 1.29 is 9.53 Å². The van der Waals surface area contributed by atoms with Gasteiger partial charge in [-0.25, -0.2) is 9.78 Å². The van der Waals surface area contributed by atoms with E-state index in [0.717, 1.165) is 5.57 Å². The number of hydrogen-bond acceptors (Lipinski definition) is 4. The highest BCUT2D eigenvalue weighted by atomic mass is 35.5. The van der Waals surface area contributed by atoms with Crippen LogP contribution in [0.5, 0.6) is 0 Å². The van der Waals surface area contributed by atoms with Crippen LogP contribution in [0.3, 0.4) is 0 Å². The molecule has 0 saturated carbocycles. The first-order valence-electron chi connectivity index (χ1n) is 8.10. The highest BCUT2D eigenvalue weighted by Crippen LogP contribution is 2.24. The number of aromatic nitrogens is 2. The average molecular weight is 362 g/mol. The number of aromatic amines is 1. The molecule has 1 amide bonds. The molecule has 6 nitrogen and oxygen atoms in total. The Bertz CT molecular complexity index is 912. The zero-order chi connectivity index (χ0) is 18.2. The van der Waals surface area contributed by atoms with Crippen molar-refractivity contribution in [1.82, 2.24) is 14.9 Å². The summed E-state index contributed by atoms with van der Waals surface area (Å²) < 4.78 is 5.38. The van der Waals surface area contributed by atoms with Gasteiger partial charge in [-0.3, -0.25) is 4.79 Å².